The summed E-state index contributed by atoms with van der Waals surface area (Å²) >= 11 is 0. The van der Waals surface area contributed by atoms with Crippen molar-refractivity contribution in [1.29, 1.82) is 0 Å². The van der Waals surface area contributed by atoms with Crippen molar-refractivity contribution in [3.05, 3.63) is 48.6 Å². The standard InChI is InChI=1S/C16H12N2O4/c1-9-7-13(19)17(15(9)21)11-5-3-4-6-12(11)18-14(20)8-10(2)16(18)22/h3-6H,1-2,7-8H2. The van der Waals surface area contributed by atoms with E-state index < -0.39 is 23.6 Å². The zero-order valence-corrected chi connectivity index (χ0v) is 11.7. The number of anilines is 2. The third-order valence-electron chi connectivity index (χ3n) is 3.60. The fourth-order valence-electron chi connectivity index (χ4n) is 2.55. The molecule has 6 heteroatoms. The van der Waals surface area contributed by atoms with Gasteiger partial charge in [0, 0.05) is 11.1 Å². The molecule has 2 aliphatic heterocycles. The summed E-state index contributed by atoms with van der Waals surface area (Å²) in [6.45, 7) is 7.11. The number of para-hydroxylation sites is 2. The molecule has 0 unspecified atom stereocenters. The van der Waals surface area contributed by atoms with E-state index in [4.69, 9.17) is 0 Å². The van der Waals surface area contributed by atoms with E-state index in [9.17, 15) is 19.2 Å². The van der Waals surface area contributed by atoms with Crippen molar-refractivity contribution in [1.82, 2.24) is 0 Å². The minimum absolute atomic E-state index is 0.0677. The van der Waals surface area contributed by atoms with Crippen LogP contribution in [0.15, 0.2) is 48.6 Å². The van der Waals surface area contributed by atoms with Crippen LogP contribution in [0.25, 0.3) is 0 Å². The van der Waals surface area contributed by atoms with Crippen LogP contribution in [-0.2, 0) is 19.2 Å². The van der Waals surface area contributed by atoms with Crippen molar-refractivity contribution in [2.24, 2.45) is 0 Å². The average molecular weight is 296 g/mol. The van der Waals surface area contributed by atoms with Gasteiger partial charge in [0.2, 0.25) is 11.8 Å². The van der Waals surface area contributed by atoms with Crippen molar-refractivity contribution < 1.29 is 19.2 Å². The number of hydrogen-bond donors (Lipinski definition) is 0. The lowest BCUT2D eigenvalue weighted by Gasteiger charge is -2.22. The Morgan fingerprint density at radius 1 is 0.727 bits per heavy atom. The van der Waals surface area contributed by atoms with Gasteiger partial charge in [0.1, 0.15) is 0 Å². The molecular formula is C16H12N2O4. The van der Waals surface area contributed by atoms with Crippen LogP contribution in [0.1, 0.15) is 12.8 Å². The molecule has 2 heterocycles. The third-order valence-corrected chi connectivity index (χ3v) is 3.60. The van der Waals surface area contributed by atoms with E-state index in [1.54, 1.807) is 12.1 Å². The third kappa shape index (κ3) is 1.88. The first kappa shape index (κ1) is 13.9. The Morgan fingerprint density at radius 3 is 1.36 bits per heavy atom. The minimum atomic E-state index is -0.518. The largest absolute Gasteiger partial charge is 0.274 e. The highest BCUT2D eigenvalue weighted by molar-refractivity contribution is 6.33. The first-order valence-corrected chi connectivity index (χ1v) is 6.61. The van der Waals surface area contributed by atoms with Crippen LogP contribution < -0.4 is 9.80 Å². The van der Waals surface area contributed by atoms with E-state index in [0.29, 0.717) is 0 Å². The highest BCUT2D eigenvalue weighted by atomic mass is 16.2. The molecule has 0 spiro atoms. The van der Waals surface area contributed by atoms with E-state index in [2.05, 4.69) is 13.2 Å². The van der Waals surface area contributed by atoms with Gasteiger partial charge in [0.05, 0.1) is 24.2 Å². The van der Waals surface area contributed by atoms with Crippen LogP contribution in [0.5, 0.6) is 0 Å². The molecule has 6 nitrogen and oxygen atoms in total. The lowest BCUT2D eigenvalue weighted by molar-refractivity contribution is -0.122. The molecule has 110 valence electrons. The number of nitrogens with zero attached hydrogens (tertiary/aromatic N) is 2. The van der Waals surface area contributed by atoms with Gasteiger partial charge in [-0.3, -0.25) is 19.2 Å². The second-order valence-electron chi connectivity index (χ2n) is 5.12. The number of amides is 4. The molecule has 3 rings (SSSR count). The van der Waals surface area contributed by atoms with Crippen LogP contribution in [0.4, 0.5) is 11.4 Å². The number of benzene rings is 1. The molecule has 2 aliphatic rings. The van der Waals surface area contributed by atoms with Crippen molar-refractivity contribution in [2.45, 2.75) is 12.8 Å². The summed E-state index contributed by atoms with van der Waals surface area (Å²) in [6.07, 6.45) is -0.135. The summed E-state index contributed by atoms with van der Waals surface area (Å²) in [5, 5.41) is 0. The van der Waals surface area contributed by atoms with Gasteiger partial charge >= 0.3 is 0 Å². The molecule has 22 heavy (non-hydrogen) atoms. The number of carbonyl (C=O) groups excluding carboxylic acids is 4. The molecule has 2 saturated heterocycles. The van der Waals surface area contributed by atoms with E-state index in [-0.39, 0.29) is 35.4 Å². The number of rotatable bonds is 2. The van der Waals surface area contributed by atoms with Crippen LogP contribution in [0.2, 0.25) is 0 Å². The summed E-state index contributed by atoms with van der Waals surface area (Å²) in [5.74, 6) is -1.90. The van der Waals surface area contributed by atoms with Crippen molar-refractivity contribution in [3.63, 3.8) is 0 Å². The fraction of sp³-hybridized carbons (Fsp3) is 0.125. The number of hydrogen-bond acceptors (Lipinski definition) is 4. The van der Waals surface area contributed by atoms with Crippen LogP contribution >= 0.6 is 0 Å². The van der Waals surface area contributed by atoms with E-state index in [0.717, 1.165) is 9.80 Å². The predicted molar refractivity (Wildman–Crippen MR) is 78.9 cm³/mol. The van der Waals surface area contributed by atoms with Crippen LogP contribution in [0, 0.1) is 0 Å². The lowest BCUT2D eigenvalue weighted by Crippen LogP contribution is -2.34. The molecule has 0 N–H and O–H groups in total. The Hall–Kier alpha value is -3.02. The predicted octanol–water partition coefficient (Wildman–Crippen LogP) is 1.33. The van der Waals surface area contributed by atoms with Gasteiger partial charge in [0.15, 0.2) is 0 Å². The Bertz CT molecular complexity index is 713. The highest BCUT2D eigenvalue weighted by Gasteiger charge is 2.39. The molecular weight excluding hydrogens is 284 g/mol. The number of imide groups is 2. The number of carbonyl (C=O) groups is 4. The minimum Gasteiger partial charge on any atom is -0.274 e. The Kier molecular flexibility index (Phi) is 3.02. The van der Waals surface area contributed by atoms with Gasteiger partial charge in [-0.15, -0.1) is 0 Å². The highest BCUT2D eigenvalue weighted by Crippen LogP contribution is 2.36. The van der Waals surface area contributed by atoms with E-state index in [1.165, 1.54) is 12.1 Å². The van der Waals surface area contributed by atoms with E-state index in [1.807, 2.05) is 0 Å². The van der Waals surface area contributed by atoms with Gasteiger partial charge in [-0.2, -0.15) is 0 Å². The molecule has 0 aromatic heterocycles. The lowest BCUT2D eigenvalue weighted by atomic mass is 10.2. The van der Waals surface area contributed by atoms with Crippen molar-refractivity contribution >= 4 is 35.0 Å². The molecule has 0 atom stereocenters. The quantitative estimate of drug-likeness (QED) is 0.609. The average Bonchev–Trinajstić information content (AvgIpc) is 2.87. The van der Waals surface area contributed by atoms with Gasteiger partial charge in [-0.25, -0.2) is 9.80 Å². The topological polar surface area (TPSA) is 74.8 Å². The summed E-state index contributed by atoms with van der Waals surface area (Å²) < 4.78 is 0. The molecule has 0 bridgehead atoms. The van der Waals surface area contributed by atoms with Gasteiger partial charge in [-0.1, -0.05) is 25.3 Å². The summed E-state index contributed by atoms with van der Waals surface area (Å²) in [6, 6.07) is 6.29. The Morgan fingerprint density at radius 2 is 1.09 bits per heavy atom. The van der Waals surface area contributed by atoms with Crippen molar-refractivity contribution in [2.75, 3.05) is 9.80 Å². The van der Waals surface area contributed by atoms with E-state index >= 15 is 0 Å². The van der Waals surface area contributed by atoms with Crippen molar-refractivity contribution in [3.8, 4) is 0 Å². The molecule has 2 fully saturated rings. The molecule has 0 radical (unpaired) electrons. The normalized spacial score (nSPS) is 18.9. The summed E-state index contributed by atoms with van der Waals surface area (Å²) in [7, 11) is 0. The first-order valence-electron chi connectivity index (χ1n) is 6.61. The second-order valence-corrected chi connectivity index (χ2v) is 5.12. The summed E-state index contributed by atoms with van der Waals surface area (Å²) in [5.41, 5.74) is 0.770. The van der Waals surface area contributed by atoms with Crippen LogP contribution in [-0.4, -0.2) is 23.6 Å². The molecule has 0 saturated carbocycles. The maximum Gasteiger partial charge on any atom is 0.260 e. The van der Waals surface area contributed by atoms with Gasteiger partial charge in [0.25, 0.3) is 11.8 Å². The molecule has 1 aromatic carbocycles. The zero-order chi connectivity index (χ0) is 16.0. The molecule has 1 aromatic rings. The zero-order valence-electron chi connectivity index (χ0n) is 11.7. The van der Waals surface area contributed by atoms with Gasteiger partial charge < -0.3 is 0 Å². The first-order chi connectivity index (χ1) is 10.4. The fourth-order valence-corrected chi connectivity index (χ4v) is 2.55. The second kappa shape index (κ2) is 4.77. The van der Waals surface area contributed by atoms with Crippen LogP contribution in [0.3, 0.4) is 0 Å². The molecule has 0 aliphatic carbocycles. The Labute approximate surface area is 126 Å². The maximum atomic E-state index is 12.1. The van der Waals surface area contributed by atoms with Gasteiger partial charge in [-0.05, 0) is 12.1 Å². The Balaban J connectivity index is 2.12. The summed E-state index contributed by atoms with van der Waals surface area (Å²) in [4.78, 5) is 50.2. The SMILES string of the molecule is C=C1CC(=O)N(c2ccccc2N2C(=O)CC(=C)C2=O)C1=O. The monoisotopic (exact) mass is 296 g/mol. The molecule has 4 amide bonds. The maximum absolute atomic E-state index is 12.1. The smallest absolute Gasteiger partial charge is 0.260 e.